The number of fused-ring (bicyclic) bond motifs is 1. The van der Waals surface area contributed by atoms with Crippen LogP contribution in [0.5, 0.6) is 0 Å². The Morgan fingerprint density at radius 2 is 2.30 bits per heavy atom. The minimum absolute atomic E-state index is 0.0682. The molecule has 1 aromatic heterocycles. The summed E-state index contributed by atoms with van der Waals surface area (Å²) in [6.07, 6.45) is 5.72. The molecule has 20 heavy (non-hydrogen) atoms. The molecule has 2 atom stereocenters. The van der Waals surface area contributed by atoms with Crippen molar-refractivity contribution in [2.24, 2.45) is 0 Å². The lowest BCUT2D eigenvalue weighted by Gasteiger charge is -2.43. The van der Waals surface area contributed by atoms with Gasteiger partial charge in [-0.2, -0.15) is 0 Å². The van der Waals surface area contributed by atoms with E-state index in [1.807, 2.05) is 6.07 Å². The van der Waals surface area contributed by atoms with Crippen molar-refractivity contribution in [3.8, 4) is 0 Å². The number of nitrogens with zero attached hydrogens (tertiary/aromatic N) is 1. The monoisotopic (exact) mass is 277 g/mol. The molecule has 0 unspecified atom stereocenters. The zero-order valence-corrected chi connectivity index (χ0v) is 11.3. The maximum absolute atomic E-state index is 12.3. The summed E-state index contributed by atoms with van der Waals surface area (Å²) in [6, 6.07) is 3.64. The summed E-state index contributed by atoms with van der Waals surface area (Å²) >= 11 is 0. The molecule has 2 N–H and O–H groups in total. The lowest BCUT2D eigenvalue weighted by Crippen LogP contribution is -2.64. The highest BCUT2D eigenvalue weighted by Crippen LogP contribution is 2.25. The van der Waals surface area contributed by atoms with Gasteiger partial charge in [-0.3, -0.25) is 4.79 Å². The summed E-state index contributed by atoms with van der Waals surface area (Å²) < 4.78 is 5.19. The minimum Gasteiger partial charge on any atom is -0.467 e. The van der Waals surface area contributed by atoms with E-state index in [2.05, 4.69) is 10.6 Å². The van der Waals surface area contributed by atoms with Crippen LogP contribution in [0.1, 0.15) is 31.4 Å². The molecule has 0 aromatic carbocycles. The lowest BCUT2D eigenvalue weighted by molar-refractivity contribution is -0.126. The number of hydrogen-bond acceptors (Lipinski definition) is 3. The van der Waals surface area contributed by atoms with E-state index in [-0.39, 0.29) is 30.6 Å². The van der Waals surface area contributed by atoms with Crippen LogP contribution in [0, 0.1) is 0 Å². The van der Waals surface area contributed by atoms with Crippen LogP contribution in [-0.2, 0) is 11.3 Å². The van der Waals surface area contributed by atoms with Gasteiger partial charge in [-0.15, -0.1) is 0 Å². The fourth-order valence-electron chi connectivity index (χ4n) is 3.08. The molecule has 3 rings (SSSR count). The Labute approximate surface area is 117 Å². The Morgan fingerprint density at radius 1 is 1.45 bits per heavy atom. The smallest absolute Gasteiger partial charge is 0.318 e. The molecule has 2 fully saturated rings. The van der Waals surface area contributed by atoms with Gasteiger partial charge in [0.25, 0.3) is 0 Å². The zero-order valence-electron chi connectivity index (χ0n) is 11.3. The van der Waals surface area contributed by atoms with Crippen LogP contribution in [-0.4, -0.2) is 35.5 Å². The first-order valence-electron chi connectivity index (χ1n) is 7.10. The van der Waals surface area contributed by atoms with Crippen LogP contribution in [0.2, 0.25) is 0 Å². The van der Waals surface area contributed by atoms with Crippen molar-refractivity contribution < 1.29 is 14.0 Å². The molecule has 1 aromatic rings. The molecule has 0 radical (unpaired) electrons. The molecular formula is C14H19N3O3. The van der Waals surface area contributed by atoms with Crippen LogP contribution < -0.4 is 10.6 Å². The molecule has 1 aliphatic heterocycles. The Hall–Kier alpha value is -1.98. The van der Waals surface area contributed by atoms with E-state index >= 15 is 0 Å². The third-order valence-corrected chi connectivity index (χ3v) is 4.04. The molecule has 108 valence electrons. The SMILES string of the molecule is O=C1CN(C(=O)NCc2ccco2)[C@H]2CCCC[C@H]2N1. The number of urea groups is 1. The van der Waals surface area contributed by atoms with Crippen LogP contribution in [0.25, 0.3) is 0 Å². The van der Waals surface area contributed by atoms with Gasteiger partial charge in [0.1, 0.15) is 12.3 Å². The van der Waals surface area contributed by atoms with E-state index in [0.717, 1.165) is 25.7 Å². The number of rotatable bonds is 2. The highest BCUT2D eigenvalue weighted by Gasteiger charge is 2.38. The van der Waals surface area contributed by atoms with E-state index in [1.54, 1.807) is 17.2 Å². The van der Waals surface area contributed by atoms with Crippen molar-refractivity contribution in [3.63, 3.8) is 0 Å². The van der Waals surface area contributed by atoms with Crippen molar-refractivity contribution in [3.05, 3.63) is 24.2 Å². The van der Waals surface area contributed by atoms with E-state index < -0.39 is 0 Å². The van der Waals surface area contributed by atoms with Gasteiger partial charge in [0.2, 0.25) is 5.91 Å². The Bertz CT molecular complexity index is 486. The Balaban J connectivity index is 1.63. The first-order chi connectivity index (χ1) is 9.74. The number of carbonyl (C=O) groups excluding carboxylic acids is 2. The van der Waals surface area contributed by atoms with Crippen LogP contribution in [0.15, 0.2) is 22.8 Å². The highest BCUT2D eigenvalue weighted by molar-refractivity contribution is 5.86. The van der Waals surface area contributed by atoms with Gasteiger partial charge in [0.15, 0.2) is 0 Å². The number of carbonyl (C=O) groups is 2. The van der Waals surface area contributed by atoms with Gasteiger partial charge >= 0.3 is 6.03 Å². The second kappa shape index (κ2) is 5.56. The van der Waals surface area contributed by atoms with Crippen molar-refractivity contribution in [2.75, 3.05) is 6.54 Å². The first-order valence-corrected chi connectivity index (χ1v) is 7.10. The van der Waals surface area contributed by atoms with Gasteiger partial charge in [-0.05, 0) is 25.0 Å². The first kappa shape index (κ1) is 13.0. The molecule has 2 aliphatic rings. The molecule has 1 aliphatic carbocycles. The van der Waals surface area contributed by atoms with E-state index in [4.69, 9.17) is 4.42 Å². The molecular weight excluding hydrogens is 258 g/mol. The normalized spacial score (nSPS) is 25.8. The van der Waals surface area contributed by atoms with Crippen molar-refractivity contribution in [2.45, 2.75) is 44.3 Å². The van der Waals surface area contributed by atoms with E-state index in [0.29, 0.717) is 12.3 Å². The Morgan fingerprint density at radius 3 is 3.10 bits per heavy atom. The lowest BCUT2D eigenvalue weighted by atomic mass is 9.87. The fraction of sp³-hybridized carbons (Fsp3) is 0.571. The van der Waals surface area contributed by atoms with Crippen molar-refractivity contribution in [1.29, 1.82) is 0 Å². The topological polar surface area (TPSA) is 74.6 Å². The molecule has 6 heteroatoms. The molecule has 2 heterocycles. The number of furan rings is 1. The summed E-state index contributed by atoms with van der Waals surface area (Å²) in [5, 5.41) is 5.82. The standard InChI is InChI=1S/C14H19N3O3/c18-13-9-17(12-6-2-1-5-11(12)16-13)14(19)15-8-10-4-3-7-20-10/h3-4,7,11-12H,1-2,5-6,8-9H2,(H,15,19)(H,16,18)/t11-,12+/m1/s1. The predicted octanol–water partition coefficient (Wildman–Crippen LogP) is 1.23. The Kier molecular flexibility index (Phi) is 3.62. The minimum atomic E-state index is -0.187. The summed E-state index contributed by atoms with van der Waals surface area (Å²) in [4.78, 5) is 25.7. The van der Waals surface area contributed by atoms with Gasteiger partial charge in [0.05, 0.1) is 18.8 Å². The fourth-order valence-corrected chi connectivity index (χ4v) is 3.08. The largest absolute Gasteiger partial charge is 0.467 e. The second-order valence-corrected chi connectivity index (χ2v) is 5.39. The quantitative estimate of drug-likeness (QED) is 0.854. The van der Waals surface area contributed by atoms with Crippen LogP contribution in [0.3, 0.4) is 0 Å². The molecule has 1 saturated carbocycles. The van der Waals surface area contributed by atoms with Gasteiger partial charge in [-0.25, -0.2) is 4.79 Å². The third-order valence-electron chi connectivity index (χ3n) is 4.04. The van der Waals surface area contributed by atoms with E-state index in [1.165, 1.54) is 0 Å². The second-order valence-electron chi connectivity index (χ2n) is 5.39. The maximum Gasteiger partial charge on any atom is 0.318 e. The van der Waals surface area contributed by atoms with Gasteiger partial charge in [0, 0.05) is 6.04 Å². The summed E-state index contributed by atoms with van der Waals surface area (Å²) in [7, 11) is 0. The summed E-state index contributed by atoms with van der Waals surface area (Å²) in [5.41, 5.74) is 0. The van der Waals surface area contributed by atoms with Crippen LogP contribution in [0.4, 0.5) is 4.79 Å². The van der Waals surface area contributed by atoms with Gasteiger partial charge in [-0.1, -0.05) is 12.8 Å². The van der Waals surface area contributed by atoms with Crippen molar-refractivity contribution in [1.82, 2.24) is 15.5 Å². The van der Waals surface area contributed by atoms with Crippen LogP contribution >= 0.6 is 0 Å². The number of nitrogens with one attached hydrogen (secondary N) is 2. The molecule has 0 bridgehead atoms. The number of piperazine rings is 1. The zero-order chi connectivity index (χ0) is 13.9. The van der Waals surface area contributed by atoms with Gasteiger partial charge < -0.3 is 20.0 Å². The highest BCUT2D eigenvalue weighted by atomic mass is 16.3. The van der Waals surface area contributed by atoms with Crippen molar-refractivity contribution >= 4 is 11.9 Å². The third kappa shape index (κ3) is 2.64. The maximum atomic E-state index is 12.3. The number of hydrogen-bond donors (Lipinski definition) is 2. The number of amides is 3. The average molecular weight is 277 g/mol. The molecule has 0 spiro atoms. The molecule has 1 saturated heterocycles. The molecule has 3 amide bonds. The predicted molar refractivity (Wildman–Crippen MR) is 71.8 cm³/mol. The summed E-state index contributed by atoms with van der Waals surface area (Å²) in [5.74, 6) is 0.640. The van der Waals surface area contributed by atoms with E-state index in [9.17, 15) is 9.59 Å². The molecule has 6 nitrogen and oxygen atoms in total. The summed E-state index contributed by atoms with van der Waals surface area (Å²) in [6.45, 7) is 0.493. The average Bonchev–Trinajstić information content (AvgIpc) is 2.97.